The maximum Gasteiger partial charge on any atom is 0.252 e. The van der Waals surface area contributed by atoms with Crippen LogP contribution in [0, 0.1) is 0 Å². The van der Waals surface area contributed by atoms with Gasteiger partial charge in [0.05, 0.1) is 15.6 Å². The summed E-state index contributed by atoms with van der Waals surface area (Å²) >= 11 is 11.8. The summed E-state index contributed by atoms with van der Waals surface area (Å²) in [5, 5.41) is 16.2. The van der Waals surface area contributed by atoms with Crippen LogP contribution >= 0.6 is 23.2 Å². The Morgan fingerprint density at radius 1 is 1.19 bits per heavy atom. The van der Waals surface area contributed by atoms with E-state index in [1.54, 1.807) is 43.4 Å². The summed E-state index contributed by atoms with van der Waals surface area (Å²) in [6.07, 6.45) is 0. The first-order chi connectivity index (χ1) is 10.0. The second-order valence-corrected chi connectivity index (χ2v) is 5.19. The fourth-order valence-electron chi connectivity index (χ4n) is 1.84. The van der Waals surface area contributed by atoms with Crippen LogP contribution < -0.4 is 10.6 Å². The number of halogens is 2. The molecule has 0 saturated carbocycles. The molecule has 21 heavy (non-hydrogen) atoms. The second-order valence-electron chi connectivity index (χ2n) is 4.37. The van der Waals surface area contributed by atoms with Gasteiger partial charge in [-0.05, 0) is 24.3 Å². The number of anilines is 1. The van der Waals surface area contributed by atoms with Crippen molar-refractivity contribution in [3.8, 4) is 5.75 Å². The number of hydrogen-bond acceptors (Lipinski definition) is 3. The Balaban J connectivity index is 2.17. The predicted molar refractivity (Wildman–Crippen MR) is 85.3 cm³/mol. The van der Waals surface area contributed by atoms with Crippen molar-refractivity contribution in [2.75, 3.05) is 12.4 Å². The second kappa shape index (κ2) is 6.70. The summed E-state index contributed by atoms with van der Waals surface area (Å²) in [5.74, 6) is -0.207. The molecule has 0 fully saturated rings. The molecule has 0 heterocycles. The van der Waals surface area contributed by atoms with E-state index in [1.807, 2.05) is 0 Å². The van der Waals surface area contributed by atoms with Crippen LogP contribution in [-0.2, 0) is 6.54 Å². The van der Waals surface area contributed by atoms with Crippen molar-refractivity contribution in [2.45, 2.75) is 6.54 Å². The highest BCUT2D eigenvalue weighted by atomic mass is 35.5. The molecule has 0 aliphatic heterocycles. The molecule has 0 aliphatic carbocycles. The van der Waals surface area contributed by atoms with E-state index in [4.69, 9.17) is 23.2 Å². The number of phenolic OH excluding ortho intramolecular Hbond substituents is 1. The molecule has 3 N–H and O–H groups in total. The molecular formula is C15H14Cl2N2O2. The summed E-state index contributed by atoms with van der Waals surface area (Å²) in [6.45, 7) is 0.376. The molecule has 0 aliphatic rings. The fraction of sp³-hybridized carbons (Fsp3) is 0.133. The molecule has 0 radical (unpaired) electrons. The maximum atomic E-state index is 11.7. The van der Waals surface area contributed by atoms with Crippen LogP contribution in [0.4, 0.5) is 5.69 Å². The van der Waals surface area contributed by atoms with E-state index in [2.05, 4.69) is 10.6 Å². The summed E-state index contributed by atoms with van der Waals surface area (Å²) < 4.78 is 0. The maximum absolute atomic E-state index is 11.7. The lowest BCUT2D eigenvalue weighted by atomic mass is 10.1. The van der Waals surface area contributed by atoms with Gasteiger partial charge in [0.25, 0.3) is 5.91 Å². The van der Waals surface area contributed by atoms with Crippen LogP contribution in [0.2, 0.25) is 10.0 Å². The van der Waals surface area contributed by atoms with Crippen LogP contribution in [0.3, 0.4) is 0 Å². The Bertz CT molecular complexity index is 675. The highest BCUT2D eigenvalue weighted by Crippen LogP contribution is 2.28. The molecule has 4 nitrogen and oxygen atoms in total. The Morgan fingerprint density at radius 2 is 1.95 bits per heavy atom. The monoisotopic (exact) mass is 324 g/mol. The molecule has 0 aromatic heterocycles. The number of phenols is 1. The van der Waals surface area contributed by atoms with Gasteiger partial charge in [0.1, 0.15) is 5.75 Å². The molecule has 0 bridgehead atoms. The van der Waals surface area contributed by atoms with E-state index in [9.17, 15) is 9.90 Å². The predicted octanol–water partition coefficient (Wildman–Crippen LogP) is 3.67. The third-order valence-electron chi connectivity index (χ3n) is 2.99. The Morgan fingerprint density at radius 3 is 2.67 bits per heavy atom. The Kier molecular flexibility index (Phi) is 4.94. The first kappa shape index (κ1) is 15.5. The number of carbonyl (C=O) groups excluding carboxylic acids is 1. The first-order valence-corrected chi connectivity index (χ1v) is 7.00. The van der Waals surface area contributed by atoms with Gasteiger partial charge >= 0.3 is 0 Å². The van der Waals surface area contributed by atoms with E-state index in [0.29, 0.717) is 27.7 Å². The molecule has 0 unspecified atom stereocenters. The highest BCUT2D eigenvalue weighted by molar-refractivity contribution is 6.34. The highest BCUT2D eigenvalue weighted by Gasteiger charge is 2.10. The van der Waals surface area contributed by atoms with Gasteiger partial charge in [-0.15, -0.1) is 0 Å². The summed E-state index contributed by atoms with van der Waals surface area (Å²) in [6, 6.07) is 10.2. The van der Waals surface area contributed by atoms with Gasteiger partial charge in [0.15, 0.2) is 0 Å². The number of nitrogens with one attached hydrogen (secondary N) is 2. The van der Waals surface area contributed by atoms with E-state index in [1.165, 1.54) is 0 Å². The molecular weight excluding hydrogens is 311 g/mol. The standard InChI is InChI=1S/C15H14Cl2N2O2/c1-18-15(21)11-7-10(5-6-12(11)16)19-8-9-3-2-4-13(17)14(9)20/h2-7,19-20H,8H2,1H3,(H,18,21). The number of rotatable bonds is 4. The van der Waals surface area contributed by atoms with Crippen LogP contribution in [0.1, 0.15) is 15.9 Å². The largest absolute Gasteiger partial charge is 0.506 e. The first-order valence-electron chi connectivity index (χ1n) is 6.24. The molecule has 6 heteroatoms. The molecule has 0 saturated heterocycles. The Hall–Kier alpha value is -1.91. The third kappa shape index (κ3) is 3.60. The minimum Gasteiger partial charge on any atom is -0.506 e. The van der Waals surface area contributed by atoms with Crippen molar-refractivity contribution < 1.29 is 9.90 Å². The lowest BCUT2D eigenvalue weighted by Gasteiger charge is -2.11. The summed E-state index contributed by atoms with van der Waals surface area (Å²) in [5.41, 5.74) is 1.77. The van der Waals surface area contributed by atoms with Crippen LogP contribution in [-0.4, -0.2) is 18.1 Å². The van der Waals surface area contributed by atoms with Gasteiger partial charge in [-0.25, -0.2) is 0 Å². The molecule has 2 aromatic carbocycles. The number of aromatic hydroxyl groups is 1. The summed E-state index contributed by atoms with van der Waals surface area (Å²) in [7, 11) is 1.54. The normalized spacial score (nSPS) is 10.2. The van der Waals surface area contributed by atoms with Gasteiger partial charge < -0.3 is 15.7 Å². The molecule has 2 rings (SSSR count). The van der Waals surface area contributed by atoms with Crippen molar-refractivity contribution in [1.29, 1.82) is 0 Å². The van der Waals surface area contributed by atoms with Gasteiger partial charge in [-0.2, -0.15) is 0 Å². The zero-order valence-corrected chi connectivity index (χ0v) is 12.8. The van der Waals surface area contributed by atoms with Crippen molar-refractivity contribution in [1.82, 2.24) is 5.32 Å². The number of hydrogen-bond donors (Lipinski definition) is 3. The number of amides is 1. The van der Waals surface area contributed by atoms with E-state index < -0.39 is 0 Å². The number of carbonyl (C=O) groups is 1. The lowest BCUT2D eigenvalue weighted by Crippen LogP contribution is -2.18. The average molecular weight is 325 g/mol. The smallest absolute Gasteiger partial charge is 0.252 e. The fourth-order valence-corrected chi connectivity index (χ4v) is 2.24. The Labute approximate surface area is 132 Å². The molecule has 0 spiro atoms. The lowest BCUT2D eigenvalue weighted by molar-refractivity contribution is 0.0963. The van der Waals surface area contributed by atoms with Gasteiger partial charge in [0, 0.05) is 24.8 Å². The zero-order chi connectivity index (χ0) is 15.4. The topological polar surface area (TPSA) is 61.4 Å². The van der Waals surface area contributed by atoms with Crippen molar-refractivity contribution in [2.24, 2.45) is 0 Å². The molecule has 110 valence electrons. The van der Waals surface area contributed by atoms with Crippen molar-refractivity contribution in [3.63, 3.8) is 0 Å². The van der Waals surface area contributed by atoms with Gasteiger partial charge in [-0.3, -0.25) is 4.79 Å². The van der Waals surface area contributed by atoms with E-state index in [-0.39, 0.29) is 11.7 Å². The zero-order valence-electron chi connectivity index (χ0n) is 11.3. The van der Waals surface area contributed by atoms with Gasteiger partial charge in [0.2, 0.25) is 0 Å². The molecule has 0 atom stereocenters. The SMILES string of the molecule is CNC(=O)c1cc(NCc2cccc(Cl)c2O)ccc1Cl. The average Bonchev–Trinajstić information content (AvgIpc) is 2.49. The van der Waals surface area contributed by atoms with Crippen LogP contribution in [0.15, 0.2) is 36.4 Å². The molecule has 1 amide bonds. The van der Waals surface area contributed by atoms with E-state index in [0.717, 1.165) is 5.69 Å². The van der Waals surface area contributed by atoms with Crippen molar-refractivity contribution in [3.05, 3.63) is 57.6 Å². The van der Waals surface area contributed by atoms with E-state index >= 15 is 0 Å². The van der Waals surface area contributed by atoms with Crippen LogP contribution in [0.25, 0.3) is 0 Å². The number of benzene rings is 2. The minimum atomic E-state index is -0.255. The van der Waals surface area contributed by atoms with Crippen molar-refractivity contribution >= 4 is 34.8 Å². The minimum absolute atomic E-state index is 0.0483. The number of para-hydroxylation sites is 1. The summed E-state index contributed by atoms with van der Waals surface area (Å²) in [4.78, 5) is 11.7. The van der Waals surface area contributed by atoms with Crippen LogP contribution in [0.5, 0.6) is 5.75 Å². The third-order valence-corrected chi connectivity index (χ3v) is 3.63. The molecule has 2 aromatic rings. The quantitative estimate of drug-likeness (QED) is 0.804. The van der Waals surface area contributed by atoms with Gasteiger partial charge in [-0.1, -0.05) is 35.3 Å².